The molecule has 0 fully saturated rings. The van der Waals surface area contributed by atoms with Gasteiger partial charge in [-0.2, -0.15) is 0 Å². The third-order valence-electron chi connectivity index (χ3n) is 6.05. The van der Waals surface area contributed by atoms with Crippen molar-refractivity contribution in [3.8, 4) is 0 Å². The summed E-state index contributed by atoms with van der Waals surface area (Å²) < 4.78 is 0.616. The van der Waals surface area contributed by atoms with Crippen molar-refractivity contribution in [2.24, 2.45) is 0 Å². The lowest BCUT2D eigenvalue weighted by Gasteiger charge is -2.39. The van der Waals surface area contributed by atoms with Gasteiger partial charge in [-0.15, -0.1) is 0 Å². The third-order valence-corrected chi connectivity index (χ3v) is 6.05. The van der Waals surface area contributed by atoms with Gasteiger partial charge in [0.2, 0.25) is 0 Å². The van der Waals surface area contributed by atoms with E-state index in [1.54, 1.807) is 0 Å². The lowest BCUT2D eigenvalue weighted by Crippen LogP contribution is -2.51. The van der Waals surface area contributed by atoms with E-state index in [9.17, 15) is 19.5 Å². The Morgan fingerprint density at radius 2 is 0.935 bits per heavy atom. The van der Waals surface area contributed by atoms with Gasteiger partial charge in [0, 0.05) is 25.2 Å². The highest BCUT2D eigenvalue weighted by atomic mass is 16.4. The number of rotatable bonds is 23. The summed E-state index contributed by atoms with van der Waals surface area (Å²) in [6, 6.07) is 0. The van der Waals surface area contributed by atoms with Crippen molar-refractivity contribution in [2.45, 2.75) is 110 Å². The van der Waals surface area contributed by atoms with Crippen LogP contribution in [0.5, 0.6) is 0 Å². The predicted octanol–water partition coefficient (Wildman–Crippen LogP) is 3.98. The van der Waals surface area contributed by atoms with Crippen molar-refractivity contribution in [2.75, 3.05) is 26.2 Å². The molecule has 0 radical (unpaired) electrons. The van der Waals surface area contributed by atoms with Gasteiger partial charge in [-0.05, 0) is 19.3 Å². The third kappa shape index (κ3) is 18.8. The van der Waals surface area contributed by atoms with Crippen LogP contribution in [0, 0.1) is 0 Å². The van der Waals surface area contributed by atoms with Crippen LogP contribution >= 0.6 is 0 Å². The molecule has 0 saturated carbocycles. The van der Waals surface area contributed by atoms with Crippen molar-refractivity contribution < 1.29 is 34.2 Å². The van der Waals surface area contributed by atoms with Crippen molar-refractivity contribution in [1.29, 1.82) is 0 Å². The lowest BCUT2D eigenvalue weighted by atomic mass is 10.1. The van der Waals surface area contributed by atoms with Crippen LogP contribution in [0.15, 0.2) is 0 Å². The first-order chi connectivity index (χ1) is 14.8. The fourth-order valence-corrected chi connectivity index (χ4v) is 4.30. The highest BCUT2D eigenvalue weighted by Crippen LogP contribution is 2.18. The summed E-state index contributed by atoms with van der Waals surface area (Å²) in [7, 11) is 0. The highest BCUT2D eigenvalue weighted by molar-refractivity contribution is 5.66. The van der Waals surface area contributed by atoms with Crippen LogP contribution in [0.3, 0.4) is 0 Å². The van der Waals surface area contributed by atoms with Crippen LogP contribution in [0.1, 0.15) is 110 Å². The van der Waals surface area contributed by atoms with Crippen molar-refractivity contribution in [1.82, 2.24) is 0 Å². The number of carbonyl (C=O) groups is 3. The second-order valence-electron chi connectivity index (χ2n) is 8.89. The summed E-state index contributed by atoms with van der Waals surface area (Å²) in [5, 5.41) is 28.9. The molecule has 0 amide bonds. The zero-order valence-electron chi connectivity index (χ0n) is 19.6. The summed E-state index contributed by atoms with van der Waals surface area (Å²) in [6.07, 6.45) is 14.0. The Bertz CT molecular complexity index is 444. The molecule has 0 atom stereocenters. The zero-order valence-corrected chi connectivity index (χ0v) is 19.6. The molecule has 31 heavy (non-hydrogen) atoms. The molecular weight excluding hydrogens is 398 g/mol. The molecule has 0 aromatic heterocycles. The van der Waals surface area contributed by atoms with Gasteiger partial charge in [-0.3, -0.25) is 9.59 Å². The molecule has 0 bridgehead atoms. The van der Waals surface area contributed by atoms with Crippen LogP contribution in [0.2, 0.25) is 0 Å². The Morgan fingerprint density at radius 3 is 1.32 bits per heavy atom. The lowest BCUT2D eigenvalue weighted by molar-refractivity contribution is -0.929. The van der Waals surface area contributed by atoms with Crippen LogP contribution < -0.4 is 5.11 Å². The van der Waals surface area contributed by atoms with Crippen LogP contribution in [0.4, 0.5) is 0 Å². The molecule has 7 nitrogen and oxygen atoms in total. The summed E-state index contributed by atoms with van der Waals surface area (Å²) in [4.78, 5) is 32.8. The normalized spacial score (nSPS) is 11.5. The minimum atomic E-state index is -1.08. The van der Waals surface area contributed by atoms with Gasteiger partial charge in [0.1, 0.15) is 0 Å². The number of quaternary nitrogens is 1. The number of carboxylic acid groups (broad SMARTS) is 3. The average Bonchev–Trinajstić information content (AvgIpc) is 2.68. The second-order valence-corrected chi connectivity index (χ2v) is 8.89. The summed E-state index contributed by atoms with van der Waals surface area (Å²) in [5.41, 5.74) is 0. The molecule has 0 aromatic carbocycles. The molecule has 0 unspecified atom stereocenters. The Labute approximate surface area is 188 Å². The zero-order chi connectivity index (χ0) is 23.4. The predicted molar refractivity (Wildman–Crippen MR) is 120 cm³/mol. The molecule has 0 aliphatic carbocycles. The molecule has 2 N–H and O–H groups in total. The maximum absolute atomic E-state index is 11.0. The first-order valence-electron chi connectivity index (χ1n) is 12.3. The first kappa shape index (κ1) is 29.4. The van der Waals surface area contributed by atoms with E-state index < -0.39 is 17.9 Å². The summed E-state index contributed by atoms with van der Waals surface area (Å²) >= 11 is 0. The number of hydrogen-bond acceptors (Lipinski definition) is 4. The average molecular weight is 444 g/mol. The van der Waals surface area contributed by atoms with E-state index in [-0.39, 0.29) is 19.3 Å². The standard InChI is InChI=1S/C24H45NO6/c1-2-3-4-5-6-7-8-9-10-11-18-25(19-12-15-22(26)27,20-13-16-23(28)29)21-14-17-24(30)31/h2-21H2,1H3,(H2-,26,27,28,29,30,31). The molecule has 0 aliphatic heterocycles. The molecule has 0 rings (SSSR count). The van der Waals surface area contributed by atoms with Crippen LogP contribution in [-0.2, 0) is 14.4 Å². The Balaban J connectivity index is 4.60. The van der Waals surface area contributed by atoms with Crippen molar-refractivity contribution >= 4 is 17.9 Å². The molecule has 0 aliphatic rings. The quantitative estimate of drug-likeness (QED) is 0.182. The van der Waals surface area contributed by atoms with Crippen molar-refractivity contribution in [3.63, 3.8) is 0 Å². The van der Waals surface area contributed by atoms with Gasteiger partial charge in [-0.1, -0.05) is 58.3 Å². The first-order valence-corrected chi connectivity index (χ1v) is 12.3. The monoisotopic (exact) mass is 443 g/mol. The Hall–Kier alpha value is -1.63. The molecule has 0 spiro atoms. The van der Waals surface area contributed by atoms with E-state index >= 15 is 0 Å². The number of carbonyl (C=O) groups excluding carboxylic acids is 1. The second kappa shape index (κ2) is 19.1. The molecule has 0 aromatic rings. The van der Waals surface area contributed by atoms with E-state index in [0.29, 0.717) is 43.4 Å². The smallest absolute Gasteiger partial charge is 0.303 e. The van der Waals surface area contributed by atoms with E-state index in [1.165, 1.54) is 51.4 Å². The fraction of sp³-hybridized carbons (Fsp3) is 0.875. The van der Waals surface area contributed by atoms with Crippen LogP contribution in [0.25, 0.3) is 0 Å². The molecule has 182 valence electrons. The maximum Gasteiger partial charge on any atom is 0.303 e. The topological polar surface area (TPSA) is 115 Å². The number of nitrogens with zero attached hydrogens (tertiary/aromatic N) is 1. The Morgan fingerprint density at radius 1 is 0.581 bits per heavy atom. The molecule has 0 saturated heterocycles. The van der Waals surface area contributed by atoms with Gasteiger partial charge in [0.05, 0.1) is 39.0 Å². The molecular formula is C24H45NO6. The number of hydrogen-bond donors (Lipinski definition) is 2. The van der Waals surface area contributed by atoms with E-state index in [4.69, 9.17) is 10.2 Å². The SMILES string of the molecule is CCCCCCCCCCCC[N+](CCCC(=O)[O-])(CCCC(=O)O)CCCC(=O)O. The molecule has 7 heteroatoms. The fourth-order valence-electron chi connectivity index (χ4n) is 4.30. The summed E-state index contributed by atoms with van der Waals surface area (Å²) in [5.74, 6) is -2.75. The van der Waals surface area contributed by atoms with E-state index in [1.807, 2.05) is 0 Å². The minimum Gasteiger partial charge on any atom is -0.550 e. The maximum atomic E-state index is 11.0. The van der Waals surface area contributed by atoms with Crippen molar-refractivity contribution in [3.05, 3.63) is 0 Å². The number of aliphatic carboxylic acids is 3. The van der Waals surface area contributed by atoms with Gasteiger partial charge in [-0.25, -0.2) is 0 Å². The number of carboxylic acids is 3. The largest absolute Gasteiger partial charge is 0.550 e. The Kier molecular flexibility index (Phi) is 18.1. The van der Waals surface area contributed by atoms with Gasteiger partial charge < -0.3 is 24.6 Å². The van der Waals surface area contributed by atoms with E-state index in [0.717, 1.165) is 19.4 Å². The van der Waals surface area contributed by atoms with E-state index in [2.05, 4.69) is 6.92 Å². The number of unbranched alkanes of at least 4 members (excludes halogenated alkanes) is 9. The highest BCUT2D eigenvalue weighted by Gasteiger charge is 2.26. The van der Waals surface area contributed by atoms with Gasteiger partial charge >= 0.3 is 11.9 Å². The minimum absolute atomic E-state index is 0.0180. The van der Waals surface area contributed by atoms with Gasteiger partial charge in [0.25, 0.3) is 0 Å². The van der Waals surface area contributed by atoms with Gasteiger partial charge in [0.15, 0.2) is 0 Å². The summed E-state index contributed by atoms with van der Waals surface area (Å²) in [6.45, 7) is 5.00. The molecule has 0 heterocycles. The van der Waals surface area contributed by atoms with Crippen LogP contribution in [-0.4, -0.2) is 58.8 Å².